The number of hydrogen-bond donors (Lipinski definition) is 0. The Bertz CT molecular complexity index is 791. The fraction of sp³-hybridized carbons (Fsp3) is 0.474. The van der Waals surface area contributed by atoms with E-state index >= 15 is 0 Å². The van der Waals surface area contributed by atoms with Gasteiger partial charge in [0.25, 0.3) is 0 Å². The van der Waals surface area contributed by atoms with Gasteiger partial charge in [0, 0.05) is 10.8 Å². The molecule has 138 valence electrons. The highest BCUT2D eigenvalue weighted by Gasteiger charge is 2.42. The number of hydrogen-bond acceptors (Lipinski definition) is 7. The maximum absolute atomic E-state index is 12.1. The fourth-order valence-electron chi connectivity index (χ4n) is 3.35. The van der Waals surface area contributed by atoms with Crippen LogP contribution in [0.3, 0.4) is 0 Å². The van der Waals surface area contributed by atoms with E-state index in [4.69, 9.17) is 9.47 Å². The van der Waals surface area contributed by atoms with Crippen LogP contribution in [0.2, 0.25) is 0 Å². The van der Waals surface area contributed by atoms with Crippen molar-refractivity contribution in [2.24, 2.45) is 11.3 Å². The Morgan fingerprint density at radius 1 is 1.19 bits per heavy atom. The van der Waals surface area contributed by atoms with Crippen LogP contribution in [0.1, 0.15) is 27.2 Å². The Kier molecular flexibility index (Phi) is 7.23. The summed E-state index contributed by atoms with van der Waals surface area (Å²) in [5, 5.41) is 19.1. The summed E-state index contributed by atoms with van der Waals surface area (Å²) in [7, 11) is 2.42. The molecule has 0 aromatic carbocycles. The Morgan fingerprint density at radius 2 is 1.77 bits per heavy atom. The van der Waals surface area contributed by atoms with Gasteiger partial charge in [-0.3, -0.25) is 0 Å². The highest BCUT2D eigenvalue weighted by atomic mass is 32.2. The molecule has 0 saturated heterocycles. The number of rotatable bonds is 4. The lowest BCUT2D eigenvalue weighted by Crippen LogP contribution is -2.32. The number of esters is 2. The molecule has 0 heterocycles. The van der Waals surface area contributed by atoms with E-state index in [1.165, 1.54) is 26.0 Å². The molecule has 0 radical (unpaired) electrons. The zero-order chi connectivity index (χ0) is 20.1. The molecule has 0 amide bonds. The van der Waals surface area contributed by atoms with Gasteiger partial charge >= 0.3 is 11.9 Å². The summed E-state index contributed by atoms with van der Waals surface area (Å²) in [5.41, 5.74) is 0.770. The van der Waals surface area contributed by atoms with Crippen molar-refractivity contribution in [2.45, 2.75) is 27.2 Å². The molecule has 0 bridgehead atoms. The molecule has 0 aromatic heterocycles. The molecule has 0 saturated carbocycles. The minimum Gasteiger partial charge on any atom is -0.465 e. The van der Waals surface area contributed by atoms with Gasteiger partial charge in [-0.05, 0) is 30.6 Å². The quantitative estimate of drug-likeness (QED) is 0.423. The van der Waals surface area contributed by atoms with Crippen molar-refractivity contribution in [2.75, 3.05) is 20.5 Å². The predicted molar refractivity (Wildman–Crippen MR) is 98.5 cm³/mol. The topological polar surface area (TPSA) is 100 Å². The highest BCUT2D eigenvalue weighted by Crippen LogP contribution is 2.51. The molecule has 1 unspecified atom stereocenters. The van der Waals surface area contributed by atoms with Crippen LogP contribution in [-0.4, -0.2) is 32.4 Å². The van der Waals surface area contributed by atoms with Gasteiger partial charge in [-0.2, -0.15) is 10.5 Å². The average molecular weight is 374 g/mol. The molecule has 1 aliphatic rings. The van der Waals surface area contributed by atoms with Crippen molar-refractivity contribution in [1.29, 1.82) is 10.5 Å². The fourth-order valence-corrected chi connectivity index (χ4v) is 4.37. The summed E-state index contributed by atoms with van der Waals surface area (Å²) in [5.74, 6) is -1.98. The summed E-state index contributed by atoms with van der Waals surface area (Å²) in [6.07, 6.45) is 4.21. The first-order valence-corrected chi connectivity index (χ1v) is 9.07. The molecule has 0 aliphatic heterocycles. The molecule has 0 N–H and O–H groups in total. The second-order valence-corrected chi connectivity index (χ2v) is 7.42. The lowest BCUT2D eigenvalue weighted by atomic mass is 9.65. The number of nitriles is 2. The Hall–Kier alpha value is -2.51. The van der Waals surface area contributed by atoms with E-state index in [9.17, 15) is 20.1 Å². The largest absolute Gasteiger partial charge is 0.465 e. The first-order valence-electron chi connectivity index (χ1n) is 7.84. The van der Waals surface area contributed by atoms with Crippen molar-refractivity contribution >= 4 is 23.7 Å². The predicted octanol–water partition coefficient (Wildman–Crippen LogP) is 3.29. The highest BCUT2D eigenvalue weighted by molar-refractivity contribution is 8.02. The Labute approximate surface area is 158 Å². The van der Waals surface area contributed by atoms with Crippen molar-refractivity contribution < 1.29 is 19.1 Å². The second kappa shape index (κ2) is 8.73. The van der Waals surface area contributed by atoms with E-state index < -0.39 is 23.3 Å². The monoisotopic (exact) mass is 374 g/mol. The van der Waals surface area contributed by atoms with Gasteiger partial charge in [0.1, 0.15) is 23.3 Å². The van der Waals surface area contributed by atoms with Crippen LogP contribution in [0.4, 0.5) is 0 Å². The maximum atomic E-state index is 12.1. The molecule has 7 heteroatoms. The number of thioether (sulfide) groups is 1. The van der Waals surface area contributed by atoms with Crippen molar-refractivity contribution in [3.8, 4) is 12.1 Å². The molecule has 0 fully saturated rings. The van der Waals surface area contributed by atoms with Crippen LogP contribution in [0, 0.1) is 34.0 Å². The summed E-state index contributed by atoms with van der Waals surface area (Å²) in [4.78, 5) is 24.7. The van der Waals surface area contributed by atoms with Gasteiger partial charge in [0.2, 0.25) is 0 Å². The van der Waals surface area contributed by atoms with Crippen LogP contribution in [0.5, 0.6) is 0 Å². The average Bonchev–Trinajstić information content (AvgIpc) is 2.59. The summed E-state index contributed by atoms with van der Waals surface area (Å²) in [6, 6.07) is 3.83. The van der Waals surface area contributed by atoms with Gasteiger partial charge in [0.15, 0.2) is 0 Å². The standard InChI is InChI=1S/C19H22N2O4S/c1-11-7-12(13(9-20)17(22)24-4)15(19(2,3)8-11)16(26-6)14(10-21)18(23)25-5/h7,15H,8H2,1-6H3/b13-12+,16-14-. The first kappa shape index (κ1) is 21.5. The zero-order valence-electron chi connectivity index (χ0n) is 15.8. The first-order chi connectivity index (χ1) is 12.2. The summed E-state index contributed by atoms with van der Waals surface area (Å²) < 4.78 is 9.49. The third-order valence-electron chi connectivity index (χ3n) is 4.25. The molecule has 6 nitrogen and oxygen atoms in total. The van der Waals surface area contributed by atoms with Crippen LogP contribution in [0.15, 0.2) is 33.3 Å². The van der Waals surface area contributed by atoms with E-state index in [0.29, 0.717) is 16.9 Å². The van der Waals surface area contributed by atoms with Gasteiger partial charge < -0.3 is 9.47 Å². The van der Waals surface area contributed by atoms with E-state index in [-0.39, 0.29) is 11.1 Å². The van der Waals surface area contributed by atoms with Crippen LogP contribution < -0.4 is 0 Å². The molecule has 0 spiro atoms. The van der Waals surface area contributed by atoms with E-state index in [0.717, 1.165) is 5.57 Å². The second-order valence-electron chi connectivity index (χ2n) is 6.57. The van der Waals surface area contributed by atoms with Crippen molar-refractivity contribution in [1.82, 2.24) is 0 Å². The van der Waals surface area contributed by atoms with Crippen molar-refractivity contribution in [3.05, 3.63) is 33.3 Å². The lowest BCUT2D eigenvalue weighted by Gasteiger charge is -2.41. The van der Waals surface area contributed by atoms with E-state index in [1.54, 1.807) is 12.3 Å². The number of carbonyl (C=O) groups is 2. The number of ether oxygens (including phenoxy) is 2. The Morgan fingerprint density at radius 3 is 2.19 bits per heavy atom. The van der Waals surface area contributed by atoms with Crippen LogP contribution >= 0.6 is 11.8 Å². The van der Waals surface area contributed by atoms with Gasteiger partial charge in [-0.25, -0.2) is 9.59 Å². The molecule has 0 aromatic rings. The minimum atomic E-state index is -0.744. The molecular weight excluding hydrogens is 352 g/mol. The number of methoxy groups -OCH3 is 2. The number of allylic oxidation sites excluding steroid dienone is 4. The van der Waals surface area contributed by atoms with Crippen LogP contribution in [0.25, 0.3) is 0 Å². The molecule has 1 rings (SSSR count). The molecule has 26 heavy (non-hydrogen) atoms. The minimum absolute atomic E-state index is 0.120. The molecule has 1 aliphatic carbocycles. The third-order valence-corrected chi connectivity index (χ3v) is 5.13. The van der Waals surface area contributed by atoms with E-state index in [2.05, 4.69) is 0 Å². The molecular formula is C19H22N2O4S. The SMILES string of the molecule is COC(=O)/C(C#N)=C(\SC)C1/C(=C(\C#N)C(=O)OC)C=C(C)CC1(C)C. The van der Waals surface area contributed by atoms with Gasteiger partial charge in [-0.15, -0.1) is 11.8 Å². The molecule has 1 atom stereocenters. The number of nitrogens with zero attached hydrogens (tertiary/aromatic N) is 2. The maximum Gasteiger partial charge on any atom is 0.349 e. The van der Waals surface area contributed by atoms with Gasteiger partial charge in [0.05, 0.1) is 14.2 Å². The smallest absolute Gasteiger partial charge is 0.349 e. The number of carbonyl (C=O) groups excluding carboxylic acids is 2. The van der Waals surface area contributed by atoms with Crippen molar-refractivity contribution in [3.63, 3.8) is 0 Å². The van der Waals surface area contributed by atoms with Crippen LogP contribution in [-0.2, 0) is 19.1 Å². The van der Waals surface area contributed by atoms with E-state index in [1.807, 2.05) is 32.9 Å². The summed E-state index contributed by atoms with van der Waals surface area (Å²) in [6.45, 7) is 5.87. The zero-order valence-corrected chi connectivity index (χ0v) is 16.6. The summed E-state index contributed by atoms with van der Waals surface area (Å²) >= 11 is 1.24. The lowest BCUT2D eigenvalue weighted by molar-refractivity contribution is -0.136. The normalized spacial score (nSPS) is 21.4. The Balaban J connectivity index is 3.92. The third kappa shape index (κ3) is 4.17. The van der Waals surface area contributed by atoms with Gasteiger partial charge in [-0.1, -0.05) is 25.5 Å².